The molecule has 17 heavy (non-hydrogen) atoms. The van der Waals surface area contributed by atoms with E-state index >= 15 is 0 Å². The minimum atomic E-state index is 0.208. The van der Waals surface area contributed by atoms with Crippen LogP contribution in [0.4, 0.5) is 0 Å². The van der Waals surface area contributed by atoms with Crippen LogP contribution in [0.25, 0.3) is 0 Å². The molecule has 0 saturated carbocycles. The first-order valence-electron chi connectivity index (χ1n) is 7.25. The maximum Gasteiger partial charge on any atom is 0.0394 e. The van der Waals surface area contributed by atoms with E-state index in [4.69, 9.17) is 5.84 Å². The highest BCUT2D eigenvalue weighted by Crippen LogP contribution is 2.30. The Morgan fingerprint density at radius 1 is 1.24 bits per heavy atom. The quantitative estimate of drug-likeness (QED) is 0.554. The molecule has 2 atom stereocenters. The van der Waals surface area contributed by atoms with E-state index in [2.05, 4.69) is 38.0 Å². The molecule has 0 radical (unpaired) electrons. The third kappa shape index (κ3) is 3.67. The highest BCUT2D eigenvalue weighted by Gasteiger charge is 2.38. The van der Waals surface area contributed by atoms with Gasteiger partial charge >= 0.3 is 0 Å². The largest absolute Gasteiger partial charge is 0.296 e. The van der Waals surface area contributed by atoms with E-state index in [9.17, 15) is 0 Å². The Labute approximate surface area is 107 Å². The van der Waals surface area contributed by atoms with Crippen LogP contribution in [0.15, 0.2) is 0 Å². The second kappa shape index (κ2) is 6.72. The van der Waals surface area contributed by atoms with Crippen molar-refractivity contribution in [2.75, 3.05) is 13.1 Å². The first-order chi connectivity index (χ1) is 8.04. The lowest BCUT2D eigenvalue weighted by molar-refractivity contribution is 0.0363. The van der Waals surface area contributed by atoms with Crippen LogP contribution in [0.5, 0.6) is 0 Å². The molecule has 3 nitrogen and oxygen atoms in total. The van der Waals surface area contributed by atoms with Crippen LogP contribution in [0.1, 0.15) is 59.8 Å². The summed E-state index contributed by atoms with van der Waals surface area (Å²) in [4.78, 5) is 2.66. The predicted octanol–water partition coefficient (Wildman–Crippen LogP) is 2.52. The van der Waals surface area contributed by atoms with Gasteiger partial charge in [-0.3, -0.25) is 16.2 Å². The Morgan fingerprint density at radius 3 is 2.24 bits per heavy atom. The van der Waals surface area contributed by atoms with Crippen LogP contribution < -0.4 is 11.3 Å². The van der Waals surface area contributed by atoms with Crippen molar-refractivity contribution in [3.8, 4) is 0 Å². The fourth-order valence-electron chi connectivity index (χ4n) is 3.07. The van der Waals surface area contributed by atoms with E-state index in [0.29, 0.717) is 12.0 Å². The molecule has 0 aromatic carbocycles. The zero-order valence-electron chi connectivity index (χ0n) is 12.1. The van der Waals surface area contributed by atoms with Gasteiger partial charge in [0, 0.05) is 11.6 Å². The molecule has 0 bridgehead atoms. The van der Waals surface area contributed by atoms with Crippen LogP contribution in [0.2, 0.25) is 0 Å². The van der Waals surface area contributed by atoms with Gasteiger partial charge in [-0.25, -0.2) is 0 Å². The highest BCUT2D eigenvalue weighted by molar-refractivity contribution is 4.96. The van der Waals surface area contributed by atoms with Gasteiger partial charge in [-0.2, -0.15) is 0 Å². The van der Waals surface area contributed by atoms with Crippen molar-refractivity contribution in [2.24, 2.45) is 11.8 Å². The van der Waals surface area contributed by atoms with E-state index in [-0.39, 0.29) is 5.54 Å². The molecule has 3 heteroatoms. The summed E-state index contributed by atoms with van der Waals surface area (Å²) in [5.41, 5.74) is 3.29. The smallest absolute Gasteiger partial charge is 0.0394 e. The van der Waals surface area contributed by atoms with Crippen molar-refractivity contribution in [1.29, 1.82) is 0 Å². The molecular weight excluding hydrogens is 210 g/mol. The lowest BCUT2D eigenvalue weighted by Gasteiger charge is -2.48. The van der Waals surface area contributed by atoms with Gasteiger partial charge in [-0.05, 0) is 51.6 Å². The number of hydrogen-bond acceptors (Lipinski definition) is 3. The second-order valence-corrected chi connectivity index (χ2v) is 6.11. The number of nitrogens with one attached hydrogen (secondary N) is 1. The summed E-state index contributed by atoms with van der Waals surface area (Å²) in [6.45, 7) is 11.7. The average molecular weight is 241 g/mol. The summed E-state index contributed by atoms with van der Waals surface area (Å²) in [6.07, 6.45) is 6.39. The van der Waals surface area contributed by atoms with Gasteiger partial charge in [-0.15, -0.1) is 0 Å². The number of nitrogens with two attached hydrogens (primary N) is 1. The van der Waals surface area contributed by atoms with Crippen molar-refractivity contribution >= 4 is 0 Å². The second-order valence-electron chi connectivity index (χ2n) is 6.11. The standard InChI is InChI=1S/C14H31N3/c1-5-14(4,13(16-15)11-12(2)3)17-9-7-6-8-10-17/h12-13,16H,5-11,15H2,1-4H3. The maximum absolute atomic E-state index is 5.81. The van der Waals surface area contributed by atoms with Crippen LogP contribution in [0.3, 0.4) is 0 Å². The minimum absolute atomic E-state index is 0.208. The monoisotopic (exact) mass is 241 g/mol. The number of piperidine rings is 1. The lowest BCUT2D eigenvalue weighted by Crippen LogP contribution is -2.62. The Kier molecular flexibility index (Phi) is 5.90. The summed E-state index contributed by atoms with van der Waals surface area (Å²) in [5.74, 6) is 6.50. The molecule has 0 amide bonds. The minimum Gasteiger partial charge on any atom is -0.296 e. The van der Waals surface area contributed by atoms with E-state index in [1.807, 2.05) is 0 Å². The van der Waals surface area contributed by atoms with Crippen molar-refractivity contribution in [3.63, 3.8) is 0 Å². The molecule has 1 fully saturated rings. The van der Waals surface area contributed by atoms with Crippen LogP contribution in [-0.4, -0.2) is 29.6 Å². The average Bonchev–Trinajstić information content (AvgIpc) is 2.35. The Balaban J connectivity index is 2.75. The van der Waals surface area contributed by atoms with Gasteiger partial charge in [0.25, 0.3) is 0 Å². The van der Waals surface area contributed by atoms with Gasteiger partial charge in [0.15, 0.2) is 0 Å². The molecule has 3 N–H and O–H groups in total. The van der Waals surface area contributed by atoms with Crippen molar-refractivity contribution in [3.05, 3.63) is 0 Å². The number of rotatable bonds is 6. The Morgan fingerprint density at radius 2 is 1.82 bits per heavy atom. The fraction of sp³-hybridized carbons (Fsp3) is 1.00. The van der Waals surface area contributed by atoms with Crippen LogP contribution in [0, 0.1) is 5.92 Å². The van der Waals surface area contributed by atoms with Gasteiger partial charge < -0.3 is 0 Å². The van der Waals surface area contributed by atoms with Crippen LogP contribution in [-0.2, 0) is 0 Å². The van der Waals surface area contributed by atoms with Crippen LogP contribution >= 0.6 is 0 Å². The summed E-state index contributed by atoms with van der Waals surface area (Å²) in [5, 5.41) is 0. The molecule has 1 heterocycles. The molecule has 1 aliphatic heterocycles. The zero-order valence-corrected chi connectivity index (χ0v) is 12.1. The molecule has 0 aromatic rings. The number of hydrogen-bond donors (Lipinski definition) is 2. The van der Waals surface area contributed by atoms with Crippen molar-refractivity contribution in [2.45, 2.75) is 71.4 Å². The van der Waals surface area contributed by atoms with E-state index in [0.717, 1.165) is 12.8 Å². The third-order valence-corrected chi connectivity index (χ3v) is 4.45. The molecule has 1 rings (SSSR count). The lowest BCUT2D eigenvalue weighted by atomic mass is 9.82. The molecule has 0 aromatic heterocycles. The maximum atomic E-state index is 5.81. The SMILES string of the molecule is CCC(C)(C(CC(C)C)NN)N1CCCCC1. The van der Waals surface area contributed by atoms with E-state index in [1.54, 1.807) is 0 Å². The molecule has 2 unspecified atom stereocenters. The topological polar surface area (TPSA) is 41.3 Å². The molecule has 1 aliphatic rings. The molecule has 0 spiro atoms. The van der Waals surface area contributed by atoms with Crippen molar-refractivity contribution in [1.82, 2.24) is 10.3 Å². The number of nitrogens with zero attached hydrogens (tertiary/aromatic N) is 1. The summed E-state index contributed by atoms with van der Waals surface area (Å²) < 4.78 is 0. The van der Waals surface area contributed by atoms with Gasteiger partial charge in [0.05, 0.1) is 0 Å². The van der Waals surface area contributed by atoms with Gasteiger partial charge in [0.2, 0.25) is 0 Å². The highest BCUT2D eigenvalue weighted by atomic mass is 15.3. The zero-order chi connectivity index (χ0) is 12.9. The number of likely N-dealkylation sites (tertiary alicyclic amines) is 1. The molecular formula is C14H31N3. The molecule has 1 saturated heterocycles. The first-order valence-corrected chi connectivity index (χ1v) is 7.25. The van der Waals surface area contributed by atoms with Crippen molar-refractivity contribution < 1.29 is 0 Å². The van der Waals surface area contributed by atoms with Gasteiger partial charge in [0.1, 0.15) is 0 Å². The summed E-state index contributed by atoms with van der Waals surface area (Å²) in [6, 6.07) is 0.394. The Hall–Kier alpha value is -0.120. The van der Waals surface area contributed by atoms with E-state index < -0.39 is 0 Å². The van der Waals surface area contributed by atoms with Gasteiger partial charge in [-0.1, -0.05) is 27.2 Å². The number of hydrazine groups is 1. The molecule has 0 aliphatic carbocycles. The van der Waals surface area contributed by atoms with E-state index in [1.165, 1.54) is 32.4 Å². The fourth-order valence-corrected chi connectivity index (χ4v) is 3.07. The summed E-state index contributed by atoms with van der Waals surface area (Å²) in [7, 11) is 0. The Bertz CT molecular complexity index is 212. The molecule has 102 valence electrons. The third-order valence-electron chi connectivity index (χ3n) is 4.45. The normalized spacial score (nSPS) is 23.6. The summed E-state index contributed by atoms with van der Waals surface area (Å²) >= 11 is 0. The predicted molar refractivity (Wildman–Crippen MR) is 74.7 cm³/mol. The first kappa shape index (κ1) is 14.9.